The Morgan fingerprint density at radius 1 is 1.31 bits per heavy atom. The van der Waals surface area contributed by atoms with E-state index in [1.807, 2.05) is 23.1 Å². The maximum Gasteiger partial charge on any atom is 0.346 e. The first kappa shape index (κ1) is 17.2. The Morgan fingerprint density at radius 2 is 2.12 bits per heavy atom. The van der Waals surface area contributed by atoms with Gasteiger partial charge in [0, 0.05) is 26.2 Å². The summed E-state index contributed by atoms with van der Waals surface area (Å²) in [5.41, 5.74) is -0.0215. The lowest BCUT2D eigenvalue weighted by Crippen LogP contribution is -2.53. The highest BCUT2D eigenvalue weighted by atomic mass is 16.5. The van der Waals surface area contributed by atoms with Gasteiger partial charge in [-0.15, -0.1) is 0 Å². The molecule has 1 saturated heterocycles. The van der Waals surface area contributed by atoms with Crippen LogP contribution in [-0.4, -0.2) is 59.3 Å². The van der Waals surface area contributed by atoms with Crippen LogP contribution < -0.4 is 5.69 Å². The van der Waals surface area contributed by atoms with E-state index < -0.39 is 5.69 Å². The van der Waals surface area contributed by atoms with Crippen LogP contribution in [0.25, 0.3) is 10.9 Å². The summed E-state index contributed by atoms with van der Waals surface area (Å²) in [5.74, 6) is -0.215. The van der Waals surface area contributed by atoms with Crippen LogP contribution in [-0.2, 0) is 9.47 Å². The molecule has 2 aromatic rings. The first-order chi connectivity index (χ1) is 12.6. The summed E-state index contributed by atoms with van der Waals surface area (Å²) in [6.07, 6.45) is 3.42. The molecule has 2 fully saturated rings. The highest BCUT2D eigenvalue weighted by molar-refractivity contribution is 6.04. The molecule has 1 saturated carbocycles. The minimum absolute atomic E-state index is 0.0708. The SMILES string of the molecule is CO[C@H]1CC[C@@]2(OC)CCN(C(=O)c3nc(=O)[nH]c4ccccc34)[C@H]2C1. The summed E-state index contributed by atoms with van der Waals surface area (Å²) in [7, 11) is 3.42. The molecule has 0 unspecified atom stereocenters. The third kappa shape index (κ3) is 2.62. The van der Waals surface area contributed by atoms with Crippen LogP contribution in [0.2, 0.25) is 0 Å². The van der Waals surface area contributed by atoms with E-state index in [1.54, 1.807) is 20.3 Å². The van der Waals surface area contributed by atoms with Gasteiger partial charge in [-0.1, -0.05) is 18.2 Å². The Kier molecular flexibility index (Phi) is 4.28. The normalized spacial score (nSPS) is 28.3. The molecule has 138 valence electrons. The van der Waals surface area contributed by atoms with Gasteiger partial charge in [0.25, 0.3) is 5.91 Å². The van der Waals surface area contributed by atoms with Gasteiger partial charge in [0.15, 0.2) is 0 Å². The number of aromatic nitrogens is 2. The van der Waals surface area contributed by atoms with E-state index in [2.05, 4.69) is 9.97 Å². The van der Waals surface area contributed by atoms with Crippen molar-refractivity contribution in [3.63, 3.8) is 0 Å². The molecule has 1 amide bonds. The van der Waals surface area contributed by atoms with Crippen molar-refractivity contribution in [2.24, 2.45) is 0 Å². The number of fused-ring (bicyclic) bond motifs is 2. The van der Waals surface area contributed by atoms with Gasteiger partial charge in [-0.25, -0.2) is 4.79 Å². The third-order valence-electron chi connectivity index (χ3n) is 5.98. The maximum absolute atomic E-state index is 13.3. The minimum atomic E-state index is -0.511. The molecule has 0 bridgehead atoms. The van der Waals surface area contributed by atoms with Crippen molar-refractivity contribution in [1.82, 2.24) is 14.9 Å². The van der Waals surface area contributed by atoms with Gasteiger partial charge in [-0.2, -0.15) is 4.98 Å². The molecular weight excluding hydrogens is 334 g/mol. The highest BCUT2D eigenvalue weighted by Gasteiger charge is 2.53. The topological polar surface area (TPSA) is 84.5 Å². The standard InChI is InChI=1S/C19H23N3O4/c1-25-12-7-8-19(26-2)9-10-22(15(19)11-12)17(23)16-13-5-3-4-6-14(13)20-18(24)21-16/h3-6,12,15H,7-11H2,1-2H3,(H,20,21,24)/t12-,15-,19+/m0/s1. The number of likely N-dealkylation sites (tertiary alicyclic amines) is 1. The second kappa shape index (κ2) is 6.48. The van der Waals surface area contributed by atoms with Gasteiger partial charge in [0.2, 0.25) is 0 Å². The van der Waals surface area contributed by atoms with Gasteiger partial charge in [0.05, 0.1) is 23.3 Å². The van der Waals surface area contributed by atoms with E-state index in [-0.39, 0.29) is 29.3 Å². The summed E-state index contributed by atoms with van der Waals surface area (Å²) in [6.45, 7) is 0.594. The number of aromatic amines is 1. The summed E-state index contributed by atoms with van der Waals surface area (Å²) < 4.78 is 11.4. The Labute approximate surface area is 151 Å². The van der Waals surface area contributed by atoms with E-state index in [4.69, 9.17) is 9.47 Å². The fraction of sp³-hybridized carbons (Fsp3) is 0.526. The fourth-order valence-corrected chi connectivity index (χ4v) is 4.52. The van der Waals surface area contributed by atoms with Crippen LogP contribution in [0.4, 0.5) is 0 Å². The molecule has 26 heavy (non-hydrogen) atoms. The van der Waals surface area contributed by atoms with E-state index in [9.17, 15) is 9.59 Å². The molecule has 1 N–H and O–H groups in total. The van der Waals surface area contributed by atoms with Gasteiger partial charge >= 0.3 is 5.69 Å². The lowest BCUT2D eigenvalue weighted by atomic mass is 9.79. The largest absolute Gasteiger partial charge is 0.381 e. The molecule has 2 heterocycles. The van der Waals surface area contributed by atoms with Crippen molar-refractivity contribution in [2.75, 3.05) is 20.8 Å². The smallest absolute Gasteiger partial charge is 0.346 e. The van der Waals surface area contributed by atoms with E-state index >= 15 is 0 Å². The van der Waals surface area contributed by atoms with Crippen LogP contribution in [0.15, 0.2) is 29.1 Å². The van der Waals surface area contributed by atoms with Crippen LogP contribution in [0.1, 0.15) is 36.2 Å². The van der Waals surface area contributed by atoms with Crippen LogP contribution in [0.3, 0.4) is 0 Å². The molecule has 0 spiro atoms. The molecule has 1 aliphatic carbocycles. The summed E-state index contributed by atoms with van der Waals surface area (Å²) >= 11 is 0. The van der Waals surface area contributed by atoms with Crippen molar-refractivity contribution in [3.05, 3.63) is 40.4 Å². The number of para-hydroxylation sites is 1. The first-order valence-corrected chi connectivity index (χ1v) is 8.96. The Hall–Kier alpha value is -2.25. The minimum Gasteiger partial charge on any atom is -0.381 e. The average molecular weight is 357 g/mol. The molecule has 2 aliphatic rings. The zero-order valence-corrected chi connectivity index (χ0v) is 15.0. The summed E-state index contributed by atoms with van der Waals surface area (Å²) in [4.78, 5) is 33.8. The van der Waals surface area contributed by atoms with Gasteiger partial charge in [-0.05, 0) is 31.7 Å². The highest BCUT2D eigenvalue weighted by Crippen LogP contribution is 2.43. The second-order valence-corrected chi connectivity index (χ2v) is 7.10. The zero-order chi connectivity index (χ0) is 18.3. The monoisotopic (exact) mass is 357 g/mol. The summed E-state index contributed by atoms with van der Waals surface area (Å²) in [6, 6.07) is 7.18. The lowest BCUT2D eigenvalue weighted by Gasteiger charge is -2.43. The van der Waals surface area contributed by atoms with Crippen LogP contribution in [0.5, 0.6) is 0 Å². The van der Waals surface area contributed by atoms with Gasteiger partial charge in [-0.3, -0.25) is 4.79 Å². The predicted molar refractivity (Wildman–Crippen MR) is 96.2 cm³/mol. The number of hydrogen-bond donors (Lipinski definition) is 1. The quantitative estimate of drug-likeness (QED) is 0.904. The predicted octanol–water partition coefficient (Wildman–Crippen LogP) is 1.72. The fourth-order valence-electron chi connectivity index (χ4n) is 4.52. The Morgan fingerprint density at radius 3 is 2.88 bits per heavy atom. The average Bonchev–Trinajstić information content (AvgIpc) is 3.05. The maximum atomic E-state index is 13.3. The van der Waals surface area contributed by atoms with Crippen LogP contribution in [0, 0.1) is 0 Å². The molecular formula is C19H23N3O4. The molecule has 1 aliphatic heterocycles. The third-order valence-corrected chi connectivity index (χ3v) is 5.98. The molecule has 3 atom stereocenters. The number of ether oxygens (including phenoxy) is 2. The number of carbonyl (C=O) groups excluding carboxylic acids is 1. The Balaban J connectivity index is 1.74. The van der Waals surface area contributed by atoms with E-state index in [0.717, 1.165) is 25.7 Å². The number of hydrogen-bond acceptors (Lipinski definition) is 5. The number of methoxy groups -OCH3 is 2. The molecule has 1 aromatic heterocycles. The van der Waals surface area contributed by atoms with Gasteiger partial charge in [0.1, 0.15) is 5.69 Å². The number of carbonyl (C=O) groups is 1. The molecule has 7 nitrogen and oxygen atoms in total. The molecule has 4 rings (SSSR count). The number of nitrogens with one attached hydrogen (secondary N) is 1. The number of benzene rings is 1. The number of H-pyrrole nitrogens is 1. The number of rotatable bonds is 3. The first-order valence-electron chi connectivity index (χ1n) is 8.96. The van der Waals surface area contributed by atoms with Crippen molar-refractivity contribution in [1.29, 1.82) is 0 Å². The van der Waals surface area contributed by atoms with E-state index in [1.165, 1.54) is 0 Å². The van der Waals surface area contributed by atoms with Crippen molar-refractivity contribution < 1.29 is 14.3 Å². The number of nitrogens with zero attached hydrogens (tertiary/aromatic N) is 2. The Bertz CT molecular complexity index is 896. The summed E-state index contributed by atoms with van der Waals surface area (Å²) in [5, 5.41) is 0.658. The van der Waals surface area contributed by atoms with Crippen molar-refractivity contribution >= 4 is 16.8 Å². The second-order valence-electron chi connectivity index (χ2n) is 7.10. The lowest BCUT2D eigenvalue weighted by molar-refractivity contribution is -0.0893. The number of amides is 1. The van der Waals surface area contributed by atoms with Gasteiger partial charge < -0.3 is 19.4 Å². The van der Waals surface area contributed by atoms with E-state index in [0.29, 0.717) is 17.4 Å². The zero-order valence-electron chi connectivity index (χ0n) is 15.0. The molecule has 1 aromatic carbocycles. The van der Waals surface area contributed by atoms with Crippen LogP contribution >= 0.6 is 0 Å². The molecule has 7 heteroatoms. The molecule has 0 radical (unpaired) electrons. The van der Waals surface area contributed by atoms with Crippen molar-refractivity contribution in [2.45, 2.75) is 43.4 Å². The van der Waals surface area contributed by atoms with Crippen molar-refractivity contribution in [3.8, 4) is 0 Å².